The van der Waals surface area contributed by atoms with Crippen LogP contribution in [0.2, 0.25) is 0 Å². The maximum Gasteiger partial charge on any atom is 0.193 e. The van der Waals surface area contributed by atoms with Crippen molar-refractivity contribution in [3.8, 4) is 10.4 Å². The van der Waals surface area contributed by atoms with Crippen LogP contribution >= 0.6 is 11.3 Å². The molecule has 1 aromatic carbocycles. The molecular formula is C19H19NO2S. The number of rotatable bonds is 3. The molecule has 0 fully saturated rings. The molecule has 0 unspecified atom stereocenters. The fourth-order valence-electron chi connectivity index (χ4n) is 3.03. The number of fused-ring (bicyclic) bond motifs is 1. The fourth-order valence-corrected chi connectivity index (χ4v) is 4.46. The molecule has 0 aliphatic carbocycles. The summed E-state index contributed by atoms with van der Waals surface area (Å²) in [6.07, 6.45) is 0.842. The predicted molar refractivity (Wildman–Crippen MR) is 96.8 cm³/mol. The molecular weight excluding hydrogens is 306 g/mol. The summed E-state index contributed by atoms with van der Waals surface area (Å²) in [6, 6.07) is 7.52. The van der Waals surface area contributed by atoms with Gasteiger partial charge in [-0.3, -0.25) is 9.59 Å². The Morgan fingerprint density at radius 1 is 1.09 bits per heavy atom. The molecule has 0 N–H and O–H groups in total. The van der Waals surface area contributed by atoms with Crippen LogP contribution in [0.1, 0.15) is 34.1 Å². The van der Waals surface area contributed by atoms with Gasteiger partial charge in [-0.15, -0.1) is 11.3 Å². The zero-order valence-electron chi connectivity index (χ0n) is 13.8. The second-order valence-electron chi connectivity index (χ2n) is 5.76. The number of hydrogen-bond acceptors (Lipinski definition) is 3. The van der Waals surface area contributed by atoms with Gasteiger partial charge < -0.3 is 4.57 Å². The van der Waals surface area contributed by atoms with E-state index < -0.39 is 0 Å². The quantitative estimate of drug-likeness (QED) is 0.666. The number of pyridine rings is 1. The molecule has 3 nitrogen and oxygen atoms in total. The first-order valence-corrected chi connectivity index (χ1v) is 8.50. The highest BCUT2D eigenvalue weighted by Gasteiger charge is 2.18. The second-order valence-corrected chi connectivity index (χ2v) is 6.76. The minimum atomic E-state index is 0.131. The van der Waals surface area contributed by atoms with Gasteiger partial charge in [0.05, 0.1) is 5.39 Å². The maximum absolute atomic E-state index is 12.7. The van der Waals surface area contributed by atoms with Crippen LogP contribution in [0.15, 0.2) is 29.1 Å². The number of benzene rings is 1. The Kier molecular flexibility index (Phi) is 3.94. The van der Waals surface area contributed by atoms with Crippen LogP contribution in [-0.2, 0) is 6.54 Å². The molecule has 118 valence electrons. The third kappa shape index (κ3) is 2.34. The summed E-state index contributed by atoms with van der Waals surface area (Å²) in [5.41, 5.74) is 4.72. The molecule has 4 heteroatoms. The normalized spacial score (nSPS) is 11.1. The first kappa shape index (κ1) is 15.7. The number of aryl methyl sites for hydroxylation is 2. The lowest BCUT2D eigenvalue weighted by Gasteiger charge is -2.12. The van der Waals surface area contributed by atoms with Crippen LogP contribution in [0, 0.1) is 20.8 Å². The number of aldehydes is 1. The van der Waals surface area contributed by atoms with Crippen LogP contribution in [0.3, 0.4) is 0 Å². The van der Waals surface area contributed by atoms with Crippen molar-refractivity contribution in [2.45, 2.75) is 34.2 Å². The highest BCUT2D eigenvalue weighted by Crippen LogP contribution is 2.37. The van der Waals surface area contributed by atoms with Gasteiger partial charge in [-0.05, 0) is 38.8 Å². The maximum atomic E-state index is 12.7. The number of thiophene rings is 1. The summed E-state index contributed by atoms with van der Waals surface area (Å²) >= 11 is 1.65. The van der Waals surface area contributed by atoms with Crippen LogP contribution < -0.4 is 5.43 Å². The zero-order chi connectivity index (χ0) is 16.7. The van der Waals surface area contributed by atoms with E-state index in [4.69, 9.17) is 0 Å². The van der Waals surface area contributed by atoms with Crippen molar-refractivity contribution in [3.05, 3.63) is 56.9 Å². The van der Waals surface area contributed by atoms with Crippen molar-refractivity contribution in [2.24, 2.45) is 0 Å². The molecule has 2 heterocycles. The van der Waals surface area contributed by atoms with Crippen molar-refractivity contribution in [2.75, 3.05) is 0 Å². The Labute approximate surface area is 139 Å². The van der Waals surface area contributed by atoms with Crippen molar-refractivity contribution in [3.63, 3.8) is 0 Å². The topological polar surface area (TPSA) is 39.1 Å². The van der Waals surface area contributed by atoms with Crippen molar-refractivity contribution in [1.29, 1.82) is 0 Å². The molecule has 0 atom stereocenters. The van der Waals surface area contributed by atoms with Crippen LogP contribution in [-0.4, -0.2) is 10.9 Å². The molecule has 3 aromatic rings. The monoisotopic (exact) mass is 325 g/mol. The summed E-state index contributed by atoms with van der Waals surface area (Å²) < 4.78 is 2.22. The molecule has 0 amide bonds. The van der Waals surface area contributed by atoms with Gasteiger partial charge in [0.2, 0.25) is 0 Å². The number of nitrogens with zero attached hydrogens (tertiary/aromatic N) is 1. The van der Waals surface area contributed by atoms with Crippen molar-refractivity contribution in [1.82, 2.24) is 4.57 Å². The van der Waals surface area contributed by atoms with E-state index in [0.717, 1.165) is 50.3 Å². The van der Waals surface area contributed by atoms with Gasteiger partial charge in [-0.2, -0.15) is 0 Å². The third-order valence-corrected chi connectivity index (χ3v) is 5.88. The average molecular weight is 325 g/mol. The van der Waals surface area contributed by atoms with E-state index in [1.54, 1.807) is 11.3 Å². The lowest BCUT2D eigenvalue weighted by molar-refractivity contribution is 0.112. The summed E-state index contributed by atoms with van der Waals surface area (Å²) in [7, 11) is 0. The summed E-state index contributed by atoms with van der Waals surface area (Å²) in [5.74, 6) is 0. The minimum Gasteiger partial charge on any atom is -0.337 e. The molecule has 0 saturated carbocycles. The molecule has 2 aromatic heterocycles. The Morgan fingerprint density at radius 2 is 1.74 bits per heavy atom. The molecule has 0 aliphatic rings. The standard InChI is InChI=1S/C19H19NO2S/c1-5-20-13(4)11(2)17(22)16-12(3)18(23-19(16)20)15-8-6-14(10-21)7-9-15/h6-10H,5H2,1-4H3. The molecule has 0 saturated heterocycles. The van der Waals surface area contributed by atoms with Gasteiger partial charge in [-0.25, -0.2) is 0 Å². The van der Waals surface area contributed by atoms with Gasteiger partial charge in [0.15, 0.2) is 5.43 Å². The molecule has 23 heavy (non-hydrogen) atoms. The number of carbonyl (C=O) groups excluding carboxylic acids is 1. The van der Waals surface area contributed by atoms with Gasteiger partial charge in [0.25, 0.3) is 0 Å². The SMILES string of the molecule is CCn1c(C)c(C)c(=O)c2c(C)c(-c3ccc(C=O)cc3)sc21. The van der Waals surface area contributed by atoms with Gasteiger partial charge in [0.1, 0.15) is 11.1 Å². The van der Waals surface area contributed by atoms with E-state index in [1.165, 1.54) is 0 Å². The summed E-state index contributed by atoms with van der Waals surface area (Å²) in [5, 5.41) is 0.828. The van der Waals surface area contributed by atoms with Crippen LogP contribution in [0.5, 0.6) is 0 Å². The molecule has 0 spiro atoms. The smallest absolute Gasteiger partial charge is 0.193 e. The van der Waals surface area contributed by atoms with E-state index in [9.17, 15) is 9.59 Å². The third-order valence-electron chi connectivity index (χ3n) is 4.51. The average Bonchev–Trinajstić information content (AvgIpc) is 2.91. The van der Waals surface area contributed by atoms with E-state index in [0.29, 0.717) is 5.56 Å². The van der Waals surface area contributed by atoms with E-state index in [2.05, 4.69) is 11.5 Å². The number of aromatic nitrogens is 1. The summed E-state index contributed by atoms with van der Waals surface area (Å²) in [4.78, 5) is 25.7. The highest BCUT2D eigenvalue weighted by atomic mass is 32.1. The van der Waals surface area contributed by atoms with Crippen LogP contribution in [0.25, 0.3) is 20.7 Å². The fraction of sp³-hybridized carbons (Fsp3) is 0.263. The first-order chi connectivity index (χ1) is 11.0. The first-order valence-electron chi connectivity index (χ1n) is 7.68. The van der Waals surface area contributed by atoms with E-state index in [-0.39, 0.29) is 5.43 Å². The predicted octanol–water partition coefficient (Wildman–Crippen LogP) is 4.49. The van der Waals surface area contributed by atoms with Gasteiger partial charge in [-0.1, -0.05) is 24.3 Å². The van der Waals surface area contributed by atoms with Crippen molar-refractivity contribution >= 4 is 27.8 Å². The number of hydrogen-bond donors (Lipinski definition) is 0. The molecule has 0 aliphatic heterocycles. The minimum absolute atomic E-state index is 0.131. The van der Waals surface area contributed by atoms with E-state index in [1.807, 2.05) is 45.0 Å². The molecule has 3 rings (SSSR count). The lowest BCUT2D eigenvalue weighted by atomic mass is 10.0. The Balaban J connectivity index is 2.36. The summed E-state index contributed by atoms with van der Waals surface area (Å²) in [6.45, 7) is 8.86. The number of carbonyl (C=O) groups is 1. The lowest BCUT2D eigenvalue weighted by Crippen LogP contribution is -2.15. The Hall–Kier alpha value is -2.20. The second kappa shape index (κ2) is 5.78. The molecule has 0 radical (unpaired) electrons. The molecule has 0 bridgehead atoms. The highest BCUT2D eigenvalue weighted by molar-refractivity contribution is 7.22. The van der Waals surface area contributed by atoms with Gasteiger partial charge >= 0.3 is 0 Å². The van der Waals surface area contributed by atoms with Crippen molar-refractivity contribution < 1.29 is 4.79 Å². The Morgan fingerprint density at radius 3 is 2.30 bits per heavy atom. The Bertz CT molecular complexity index is 962. The van der Waals surface area contributed by atoms with Gasteiger partial charge in [0, 0.05) is 28.2 Å². The van der Waals surface area contributed by atoms with Crippen LogP contribution in [0.4, 0.5) is 0 Å². The van der Waals surface area contributed by atoms with E-state index >= 15 is 0 Å². The largest absolute Gasteiger partial charge is 0.337 e. The zero-order valence-corrected chi connectivity index (χ0v) is 14.6.